The number of rotatable bonds is 3. The highest BCUT2D eigenvalue weighted by atomic mass is 16.2. The number of nitrogens with zero attached hydrogens (tertiary/aromatic N) is 2. The van der Waals surface area contributed by atoms with E-state index in [-0.39, 0.29) is 29.8 Å². The first-order chi connectivity index (χ1) is 17.2. The summed E-state index contributed by atoms with van der Waals surface area (Å²) >= 11 is 0. The molecule has 0 saturated carbocycles. The van der Waals surface area contributed by atoms with Crippen molar-refractivity contribution < 1.29 is 9.59 Å². The monoisotopic (exact) mass is 465 g/mol. The normalized spacial score (nSPS) is 25.4. The van der Waals surface area contributed by atoms with Gasteiger partial charge < -0.3 is 15.1 Å². The third kappa shape index (κ3) is 3.89. The molecule has 3 aromatic rings. The number of para-hydroxylation sites is 1. The first kappa shape index (κ1) is 21.9. The maximum atomic E-state index is 14.2. The molecule has 2 fully saturated rings. The predicted molar refractivity (Wildman–Crippen MR) is 137 cm³/mol. The van der Waals surface area contributed by atoms with Gasteiger partial charge in [0.25, 0.3) is 5.91 Å². The molecule has 178 valence electrons. The maximum absolute atomic E-state index is 14.2. The molecule has 6 rings (SSSR count). The van der Waals surface area contributed by atoms with Crippen molar-refractivity contribution >= 4 is 17.5 Å². The minimum Gasteiger partial charge on any atom is -0.378 e. The van der Waals surface area contributed by atoms with Gasteiger partial charge in [-0.2, -0.15) is 0 Å². The minimum atomic E-state index is -0.396. The lowest BCUT2D eigenvalue weighted by molar-refractivity contribution is -0.138. The minimum absolute atomic E-state index is 0.0146. The van der Waals surface area contributed by atoms with Gasteiger partial charge in [-0.1, -0.05) is 66.7 Å². The number of likely N-dealkylation sites (tertiary alicyclic amines) is 2. The summed E-state index contributed by atoms with van der Waals surface area (Å²) in [6.45, 7) is 1.36. The van der Waals surface area contributed by atoms with Gasteiger partial charge in [0.2, 0.25) is 5.91 Å². The fraction of sp³-hybridized carbons (Fsp3) is 0.333. The summed E-state index contributed by atoms with van der Waals surface area (Å²) in [4.78, 5) is 31.5. The number of benzene rings is 3. The van der Waals surface area contributed by atoms with Crippen LogP contribution >= 0.6 is 0 Å². The zero-order chi connectivity index (χ0) is 23.8. The van der Waals surface area contributed by atoms with Crippen LogP contribution < -0.4 is 5.32 Å². The summed E-state index contributed by atoms with van der Waals surface area (Å²) in [7, 11) is 0. The molecule has 0 aromatic heterocycles. The second kappa shape index (κ2) is 9.21. The lowest BCUT2D eigenvalue weighted by Gasteiger charge is -2.42. The number of carbonyl (C=O) groups excluding carboxylic acids is 2. The maximum Gasteiger partial charge on any atom is 0.254 e. The van der Waals surface area contributed by atoms with Gasteiger partial charge in [0, 0.05) is 30.3 Å². The van der Waals surface area contributed by atoms with E-state index in [1.54, 1.807) is 0 Å². The van der Waals surface area contributed by atoms with E-state index in [2.05, 4.69) is 58.7 Å². The van der Waals surface area contributed by atoms with E-state index in [1.165, 1.54) is 11.1 Å². The van der Waals surface area contributed by atoms with Crippen LogP contribution in [-0.2, 0) is 4.79 Å². The second-order valence-electron chi connectivity index (χ2n) is 9.93. The molecule has 0 aliphatic carbocycles. The molecule has 0 unspecified atom stereocenters. The van der Waals surface area contributed by atoms with Gasteiger partial charge >= 0.3 is 0 Å². The van der Waals surface area contributed by atoms with Gasteiger partial charge in [-0.15, -0.1) is 0 Å². The highest BCUT2D eigenvalue weighted by molar-refractivity contribution is 5.97. The van der Waals surface area contributed by atoms with Crippen LogP contribution in [0.15, 0.2) is 84.9 Å². The third-order valence-electron chi connectivity index (χ3n) is 7.97. The Balaban J connectivity index is 1.33. The average Bonchev–Trinajstić information content (AvgIpc) is 3.38. The van der Waals surface area contributed by atoms with Crippen LogP contribution in [0.4, 0.5) is 5.69 Å². The number of carbonyl (C=O) groups is 2. The topological polar surface area (TPSA) is 52.7 Å². The summed E-state index contributed by atoms with van der Waals surface area (Å²) in [6.07, 6.45) is 3.59. The van der Waals surface area contributed by atoms with Gasteiger partial charge in [0.05, 0.1) is 12.1 Å². The fourth-order valence-corrected chi connectivity index (χ4v) is 6.33. The molecule has 3 aliphatic rings. The molecule has 5 heteroatoms. The molecular formula is C30H31N3O2. The summed E-state index contributed by atoms with van der Waals surface area (Å²) in [5, 5.41) is 3.77. The van der Waals surface area contributed by atoms with Crippen LogP contribution in [-0.4, -0.2) is 40.7 Å². The Kier molecular flexibility index (Phi) is 5.77. The molecule has 3 heterocycles. The van der Waals surface area contributed by atoms with E-state index in [0.717, 1.165) is 37.9 Å². The highest BCUT2D eigenvalue weighted by Gasteiger charge is 2.48. The number of hydrogen-bond acceptors (Lipinski definition) is 3. The van der Waals surface area contributed by atoms with Crippen molar-refractivity contribution in [3.8, 4) is 0 Å². The Morgan fingerprint density at radius 2 is 1.46 bits per heavy atom. The summed E-state index contributed by atoms with van der Waals surface area (Å²) in [6, 6.07) is 28.1. The fourth-order valence-electron chi connectivity index (χ4n) is 6.33. The number of nitrogens with one attached hydrogen (secondary N) is 1. The lowest BCUT2D eigenvalue weighted by atomic mass is 9.80. The van der Waals surface area contributed by atoms with Crippen molar-refractivity contribution in [2.24, 2.45) is 5.92 Å². The Hall–Kier alpha value is -3.60. The van der Waals surface area contributed by atoms with Gasteiger partial charge in [-0.05, 0) is 55.0 Å². The number of piperidine rings is 1. The van der Waals surface area contributed by atoms with E-state index >= 15 is 0 Å². The van der Waals surface area contributed by atoms with E-state index < -0.39 is 6.04 Å². The average molecular weight is 466 g/mol. The van der Waals surface area contributed by atoms with E-state index in [4.69, 9.17) is 0 Å². The molecular weight excluding hydrogens is 434 g/mol. The van der Waals surface area contributed by atoms with E-state index in [9.17, 15) is 9.59 Å². The molecule has 0 spiro atoms. The van der Waals surface area contributed by atoms with Gasteiger partial charge in [0.15, 0.2) is 0 Å². The lowest BCUT2D eigenvalue weighted by Crippen LogP contribution is -2.53. The molecule has 3 aliphatic heterocycles. The zero-order valence-electron chi connectivity index (χ0n) is 19.8. The first-order valence-corrected chi connectivity index (χ1v) is 12.8. The van der Waals surface area contributed by atoms with Crippen molar-refractivity contribution in [3.05, 3.63) is 102 Å². The van der Waals surface area contributed by atoms with Gasteiger partial charge in [0.1, 0.15) is 6.04 Å². The van der Waals surface area contributed by atoms with Crippen LogP contribution in [0.5, 0.6) is 0 Å². The Morgan fingerprint density at radius 3 is 2.26 bits per heavy atom. The van der Waals surface area contributed by atoms with Crippen molar-refractivity contribution in [1.82, 2.24) is 9.80 Å². The summed E-state index contributed by atoms with van der Waals surface area (Å²) < 4.78 is 0. The molecule has 2 amide bonds. The summed E-state index contributed by atoms with van der Waals surface area (Å²) in [5.41, 5.74) is 4.20. The van der Waals surface area contributed by atoms with Gasteiger partial charge in [-0.25, -0.2) is 0 Å². The largest absolute Gasteiger partial charge is 0.378 e. The standard InChI is InChI=1S/C30H31N3O2/c34-29(22-13-5-2-6-14-22)32-19-10-9-17-26(32)30(35)33-20-18-24-27(21-11-3-1-4-12-21)31-25-16-8-7-15-23(25)28(24)33/h1-8,11-16,24,26-28,31H,9-10,17-20H2/t24-,26+,27+,28+/m0/s1. The van der Waals surface area contributed by atoms with Crippen molar-refractivity contribution in [3.63, 3.8) is 0 Å². The second-order valence-corrected chi connectivity index (χ2v) is 9.93. The van der Waals surface area contributed by atoms with Crippen molar-refractivity contribution in [2.75, 3.05) is 18.4 Å². The van der Waals surface area contributed by atoms with Crippen molar-refractivity contribution in [1.29, 1.82) is 0 Å². The molecule has 3 aromatic carbocycles. The Morgan fingerprint density at radius 1 is 0.743 bits per heavy atom. The first-order valence-electron chi connectivity index (χ1n) is 12.8. The third-order valence-corrected chi connectivity index (χ3v) is 7.97. The molecule has 5 nitrogen and oxygen atoms in total. The van der Waals surface area contributed by atoms with E-state index in [0.29, 0.717) is 12.1 Å². The molecule has 1 N–H and O–H groups in total. The molecule has 2 saturated heterocycles. The number of amides is 2. The Labute approximate surface area is 206 Å². The van der Waals surface area contributed by atoms with Crippen LogP contribution in [0.2, 0.25) is 0 Å². The van der Waals surface area contributed by atoms with Crippen LogP contribution in [0.25, 0.3) is 0 Å². The predicted octanol–water partition coefficient (Wildman–Crippen LogP) is 5.44. The molecule has 35 heavy (non-hydrogen) atoms. The van der Waals surface area contributed by atoms with E-state index in [1.807, 2.05) is 41.3 Å². The quantitative estimate of drug-likeness (QED) is 0.561. The smallest absolute Gasteiger partial charge is 0.254 e. The molecule has 4 atom stereocenters. The Bertz CT molecular complexity index is 1210. The number of hydrogen-bond donors (Lipinski definition) is 1. The van der Waals surface area contributed by atoms with Crippen LogP contribution in [0, 0.1) is 5.92 Å². The van der Waals surface area contributed by atoms with Crippen molar-refractivity contribution in [2.45, 2.75) is 43.8 Å². The van der Waals surface area contributed by atoms with Gasteiger partial charge in [-0.3, -0.25) is 9.59 Å². The van der Waals surface area contributed by atoms with Crippen LogP contribution in [0.1, 0.15) is 59.3 Å². The summed E-state index contributed by atoms with van der Waals surface area (Å²) in [5.74, 6) is 0.357. The highest BCUT2D eigenvalue weighted by Crippen LogP contribution is 2.51. The molecule has 0 bridgehead atoms. The van der Waals surface area contributed by atoms with Crippen LogP contribution in [0.3, 0.4) is 0 Å². The molecule has 0 radical (unpaired) electrons. The SMILES string of the molecule is O=C(c1ccccc1)N1CCCC[C@@H]1C(=O)N1CC[C@H]2[C@@H](c3ccccc3)Nc3ccccc3[C@H]21. The number of anilines is 1. The zero-order valence-corrected chi connectivity index (χ0v) is 19.8. The number of fused-ring (bicyclic) bond motifs is 3.